The normalized spacial score (nSPS) is 10.3. The van der Waals surface area contributed by atoms with Crippen molar-refractivity contribution in [3.8, 4) is 0 Å². The van der Waals surface area contributed by atoms with Gasteiger partial charge < -0.3 is 10.6 Å². The second-order valence-electron chi connectivity index (χ2n) is 4.03. The van der Waals surface area contributed by atoms with Crippen LogP contribution in [-0.4, -0.2) is 32.8 Å². The standard InChI is InChI=1S/C12H18N6/c1-3-13-11-6-12(16-9-15-11)14-4-5-18-8-10(2)7-17-18/h6-9H,3-5H2,1-2H3,(H2,13,14,15,16). The summed E-state index contributed by atoms with van der Waals surface area (Å²) in [7, 11) is 0. The van der Waals surface area contributed by atoms with E-state index in [-0.39, 0.29) is 0 Å². The highest BCUT2D eigenvalue weighted by Crippen LogP contribution is 2.07. The number of aromatic nitrogens is 4. The maximum Gasteiger partial charge on any atom is 0.131 e. The molecule has 0 aromatic carbocycles. The Morgan fingerprint density at radius 2 is 2.00 bits per heavy atom. The Bertz CT molecular complexity index is 493. The largest absolute Gasteiger partial charge is 0.370 e. The molecule has 0 atom stereocenters. The van der Waals surface area contributed by atoms with Crippen molar-refractivity contribution in [3.63, 3.8) is 0 Å². The lowest BCUT2D eigenvalue weighted by molar-refractivity contribution is 0.636. The molecule has 0 unspecified atom stereocenters. The summed E-state index contributed by atoms with van der Waals surface area (Å²) in [5.74, 6) is 1.66. The molecule has 0 aliphatic rings. The van der Waals surface area contributed by atoms with Gasteiger partial charge in [-0.05, 0) is 19.4 Å². The minimum atomic E-state index is 0.781. The van der Waals surface area contributed by atoms with Gasteiger partial charge >= 0.3 is 0 Å². The Hall–Kier alpha value is -2.11. The molecule has 0 amide bonds. The maximum absolute atomic E-state index is 4.23. The quantitative estimate of drug-likeness (QED) is 0.809. The number of nitrogens with zero attached hydrogens (tertiary/aromatic N) is 4. The van der Waals surface area contributed by atoms with Crippen molar-refractivity contribution >= 4 is 11.6 Å². The van der Waals surface area contributed by atoms with E-state index in [4.69, 9.17) is 0 Å². The van der Waals surface area contributed by atoms with Crippen molar-refractivity contribution in [3.05, 3.63) is 30.4 Å². The molecule has 2 heterocycles. The van der Waals surface area contributed by atoms with Crippen LogP contribution in [0.4, 0.5) is 11.6 Å². The summed E-state index contributed by atoms with van der Waals surface area (Å²) in [6.45, 7) is 6.51. The summed E-state index contributed by atoms with van der Waals surface area (Å²) >= 11 is 0. The second-order valence-corrected chi connectivity index (χ2v) is 4.03. The van der Waals surface area contributed by atoms with E-state index in [0.29, 0.717) is 0 Å². The highest BCUT2D eigenvalue weighted by Gasteiger charge is 1.98. The first kappa shape index (κ1) is 12.3. The summed E-state index contributed by atoms with van der Waals surface area (Å²) in [6, 6.07) is 1.90. The van der Waals surface area contributed by atoms with Gasteiger partial charge in [0.1, 0.15) is 18.0 Å². The average Bonchev–Trinajstić information content (AvgIpc) is 2.76. The van der Waals surface area contributed by atoms with Crippen molar-refractivity contribution in [2.24, 2.45) is 0 Å². The molecular weight excluding hydrogens is 228 g/mol. The van der Waals surface area contributed by atoms with Crippen LogP contribution in [0.3, 0.4) is 0 Å². The Balaban J connectivity index is 1.84. The lowest BCUT2D eigenvalue weighted by Crippen LogP contribution is -2.12. The Morgan fingerprint density at radius 3 is 2.67 bits per heavy atom. The van der Waals surface area contributed by atoms with E-state index in [2.05, 4.69) is 25.7 Å². The van der Waals surface area contributed by atoms with Crippen molar-refractivity contribution in [2.75, 3.05) is 23.7 Å². The molecule has 0 aliphatic heterocycles. The van der Waals surface area contributed by atoms with Crippen LogP contribution < -0.4 is 10.6 Å². The van der Waals surface area contributed by atoms with E-state index in [1.54, 1.807) is 6.33 Å². The van der Waals surface area contributed by atoms with E-state index in [1.807, 2.05) is 37.0 Å². The lowest BCUT2D eigenvalue weighted by Gasteiger charge is -2.07. The third kappa shape index (κ3) is 3.44. The first-order chi connectivity index (χ1) is 8.78. The molecule has 0 radical (unpaired) electrons. The Morgan fingerprint density at radius 1 is 1.22 bits per heavy atom. The molecule has 6 nitrogen and oxygen atoms in total. The molecule has 0 saturated heterocycles. The Labute approximate surface area is 106 Å². The van der Waals surface area contributed by atoms with E-state index < -0.39 is 0 Å². The minimum Gasteiger partial charge on any atom is -0.370 e. The number of hydrogen-bond donors (Lipinski definition) is 2. The van der Waals surface area contributed by atoms with Crippen LogP contribution in [-0.2, 0) is 6.54 Å². The topological polar surface area (TPSA) is 67.7 Å². The fourth-order valence-corrected chi connectivity index (χ4v) is 1.62. The average molecular weight is 246 g/mol. The van der Waals surface area contributed by atoms with Crippen LogP contribution >= 0.6 is 0 Å². The molecule has 18 heavy (non-hydrogen) atoms. The van der Waals surface area contributed by atoms with E-state index in [0.717, 1.165) is 31.3 Å². The van der Waals surface area contributed by atoms with Gasteiger partial charge in [-0.15, -0.1) is 0 Å². The number of aryl methyl sites for hydroxylation is 1. The molecule has 2 aromatic heterocycles. The Kier molecular flexibility index (Phi) is 4.11. The highest BCUT2D eigenvalue weighted by atomic mass is 15.3. The van der Waals surface area contributed by atoms with Gasteiger partial charge in [0.2, 0.25) is 0 Å². The monoisotopic (exact) mass is 246 g/mol. The first-order valence-electron chi connectivity index (χ1n) is 6.07. The van der Waals surface area contributed by atoms with Gasteiger partial charge in [0.25, 0.3) is 0 Å². The van der Waals surface area contributed by atoms with E-state index in [9.17, 15) is 0 Å². The first-order valence-corrected chi connectivity index (χ1v) is 6.07. The van der Waals surface area contributed by atoms with Crippen LogP contribution in [0.1, 0.15) is 12.5 Å². The SMILES string of the molecule is CCNc1cc(NCCn2cc(C)cn2)ncn1. The number of hydrogen-bond acceptors (Lipinski definition) is 5. The van der Waals surface area contributed by atoms with Gasteiger partial charge in [0.05, 0.1) is 12.7 Å². The van der Waals surface area contributed by atoms with E-state index >= 15 is 0 Å². The molecule has 96 valence electrons. The van der Waals surface area contributed by atoms with E-state index in [1.165, 1.54) is 5.56 Å². The smallest absolute Gasteiger partial charge is 0.131 e. The van der Waals surface area contributed by atoms with Crippen molar-refractivity contribution < 1.29 is 0 Å². The fraction of sp³-hybridized carbons (Fsp3) is 0.417. The van der Waals surface area contributed by atoms with Gasteiger partial charge in [-0.3, -0.25) is 4.68 Å². The molecule has 2 rings (SSSR count). The van der Waals surface area contributed by atoms with Crippen LogP contribution in [0.15, 0.2) is 24.8 Å². The van der Waals surface area contributed by atoms with Gasteiger partial charge in [0.15, 0.2) is 0 Å². The molecule has 0 bridgehead atoms. The van der Waals surface area contributed by atoms with Crippen LogP contribution in [0.25, 0.3) is 0 Å². The number of anilines is 2. The molecule has 2 aromatic rings. The predicted molar refractivity (Wildman–Crippen MR) is 71.6 cm³/mol. The molecule has 0 spiro atoms. The summed E-state index contributed by atoms with van der Waals surface area (Å²) in [4.78, 5) is 8.29. The van der Waals surface area contributed by atoms with Crippen LogP contribution in [0, 0.1) is 6.92 Å². The fourth-order valence-electron chi connectivity index (χ4n) is 1.62. The van der Waals surface area contributed by atoms with Gasteiger partial charge in [0, 0.05) is 25.4 Å². The summed E-state index contributed by atoms with van der Waals surface area (Å²) in [5.41, 5.74) is 1.17. The third-order valence-corrected chi connectivity index (χ3v) is 2.43. The zero-order valence-corrected chi connectivity index (χ0v) is 10.7. The molecule has 2 N–H and O–H groups in total. The summed E-state index contributed by atoms with van der Waals surface area (Å²) in [5, 5.41) is 10.6. The van der Waals surface area contributed by atoms with Crippen molar-refractivity contribution in [2.45, 2.75) is 20.4 Å². The zero-order valence-electron chi connectivity index (χ0n) is 10.7. The molecule has 6 heteroatoms. The number of rotatable bonds is 6. The second kappa shape index (κ2) is 6.00. The van der Waals surface area contributed by atoms with Gasteiger partial charge in [-0.2, -0.15) is 5.10 Å². The van der Waals surface area contributed by atoms with Crippen LogP contribution in [0.2, 0.25) is 0 Å². The van der Waals surface area contributed by atoms with Crippen molar-refractivity contribution in [1.29, 1.82) is 0 Å². The molecule has 0 saturated carbocycles. The van der Waals surface area contributed by atoms with Gasteiger partial charge in [-0.1, -0.05) is 0 Å². The summed E-state index contributed by atoms with van der Waals surface area (Å²) < 4.78 is 1.91. The maximum atomic E-state index is 4.23. The minimum absolute atomic E-state index is 0.781. The van der Waals surface area contributed by atoms with Crippen molar-refractivity contribution in [1.82, 2.24) is 19.7 Å². The highest BCUT2D eigenvalue weighted by molar-refractivity contribution is 5.46. The molecular formula is C12H18N6. The van der Waals surface area contributed by atoms with Gasteiger partial charge in [-0.25, -0.2) is 9.97 Å². The third-order valence-electron chi connectivity index (χ3n) is 2.43. The summed E-state index contributed by atoms with van der Waals surface area (Å²) in [6.07, 6.45) is 5.43. The lowest BCUT2D eigenvalue weighted by atomic mass is 10.4. The van der Waals surface area contributed by atoms with Crippen LogP contribution in [0.5, 0.6) is 0 Å². The molecule has 0 aliphatic carbocycles. The number of nitrogens with one attached hydrogen (secondary N) is 2. The zero-order chi connectivity index (χ0) is 12.8. The molecule has 0 fully saturated rings. The predicted octanol–water partition coefficient (Wildman–Crippen LogP) is 1.53.